The fraction of sp³-hybridized carbons (Fsp3) is 0.364. The van der Waals surface area contributed by atoms with Gasteiger partial charge in [-0.05, 0) is 48.7 Å². The molecule has 2 heterocycles. The van der Waals surface area contributed by atoms with Gasteiger partial charge in [0, 0.05) is 17.9 Å². The Bertz CT molecular complexity index is 1020. The van der Waals surface area contributed by atoms with Crippen LogP contribution < -0.4 is 4.74 Å². The van der Waals surface area contributed by atoms with Crippen LogP contribution in [0.3, 0.4) is 0 Å². The predicted molar refractivity (Wildman–Crippen MR) is 112 cm³/mol. The normalized spacial score (nSPS) is 16.6. The van der Waals surface area contributed by atoms with Crippen molar-refractivity contribution in [2.75, 3.05) is 13.7 Å². The fourth-order valence-corrected chi connectivity index (χ4v) is 4.38. The summed E-state index contributed by atoms with van der Waals surface area (Å²) in [4.78, 5) is 0. The first-order valence-corrected chi connectivity index (χ1v) is 10.9. The number of aromatic nitrogens is 3. The highest BCUT2D eigenvalue weighted by atomic mass is 32.2. The third-order valence-corrected chi connectivity index (χ3v) is 6.14. The average molecular weight is 449 g/mol. The molecule has 5 nitrogen and oxygen atoms in total. The summed E-state index contributed by atoms with van der Waals surface area (Å²) >= 11 is 1.37. The van der Waals surface area contributed by atoms with Gasteiger partial charge in [-0.15, -0.1) is 10.2 Å². The molecule has 3 aromatic rings. The predicted octanol–water partition coefficient (Wildman–Crippen LogP) is 5.44. The molecule has 0 radical (unpaired) electrons. The summed E-state index contributed by atoms with van der Waals surface area (Å²) in [6.07, 6.45) is -2.32. The zero-order chi connectivity index (χ0) is 21.8. The Morgan fingerprint density at radius 1 is 1.16 bits per heavy atom. The molecule has 9 heteroatoms. The number of alkyl halides is 3. The second-order valence-corrected chi connectivity index (χ2v) is 8.21. The molecule has 1 fully saturated rings. The second kappa shape index (κ2) is 9.32. The lowest BCUT2D eigenvalue weighted by atomic mass is 10.1. The first-order valence-electron chi connectivity index (χ1n) is 9.92. The number of benzene rings is 2. The van der Waals surface area contributed by atoms with Crippen molar-refractivity contribution in [1.29, 1.82) is 0 Å². The molecule has 0 bridgehead atoms. The first kappa shape index (κ1) is 21.7. The van der Waals surface area contributed by atoms with E-state index in [1.54, 1.807) is 13.2 Å². The highest BCUT2D eigenvalue weighted by Gasteiger charge is 2.30. The minimum Gasteiger partial charge on any atom is -0.497 e. The molecule has 1 aliphatic heterocycles. The molecule has 1 saturated heterocycles. The van der Waals surface area contributed by atoms with Crippen LogP contribution in [0.25, 0.3) is 11.4 Å². The topological polar surface area (TPSA) is 49.2 Å². The van der Waals surface area contributed by atoms with E-state index in [2.05, 4.69) is 10.2 Å². The highest BCUT2D eigenvalue weighted by molar-refractivity contribution is 7.98. The Morgan fingerprint density at radius 3 is 2.65 bits per heavy atom. The van der Waals surface area contributed by atoms with Gasteiger partial charge in [-0.3, -0.25) is 4.57 Å². The van der Waals surface area contributed by atoms with Crippen LogP contribution in [0.5, 0.6) is 5.75 Å². The molecule has 4 rings (SSSR count). The van der Waals surface area contributed by atoms with Gasteiger partial charge in [0.25, 0.3) is 0 Å². The number of thioether (sulfide) groups is 1. The summed E-state index contributed by atoms with van der Waals surface area (Å²) in [5, 5.41) is 9.35. The molecule has 1 atom stereocenters. The van der Waals surface area contributed by atoms with Crippen molar-refractivity contribution in [2.24, 2.45) is 0 Å². The zero-order valence-electron chi connectivity index (χ0n) is 16.9. The van der Waals surface area contributed by atoms with E-state index in [1.165, 1.54) is 23.9 Å². The van der Waals surface area contributed by atoms with Crippen LogP contribution in [0.2, 0.25) is 0 Å². The fourth-order valence-electron chi connectivity index (χ4n) is 3.49. The molecule has 1 aromatic heterocycles. The number of rotatable bonds is 7. The van der Waals surface area contributed by atoms with Crippen molar-refractivity contribution >= 4 is 11.8 Å². The van der Waals surface area contributed by atoms with Crippen molar-refractivity contribution in [3.05, 3.63) is 59.7 Å². The Balaban J connectivity index is 1.58. The van der Waals surface area contributed by atoms with E-state index in [0.717, 1.165) is 36.8 Å². The van der Waals surface area contributed by atoms with E-state index in [-0.39, 0.29) is 6.10 Å². The van der Waals surface area contributed by atoms with Crippen molar-refractivity contribution in [2.45, 2.75) is 42.6 Å². The minimum atomic E-state index is -4.36. The Morgan fingerprint density at radius 2 is 1.97 bits per heavy atom. The molecule has 2 aromatic carbocycles. The zero-order valence-corrected chi connectivity index (χ0v) is 17.7. The molecule has 31 heavy (non-hydrogen) atoms. The van der Waals surface area contributed by atoms with E-state index in [9.17, 15) is 13.2 Å². The van der Waals surface area contributed by atoms with Crippen LogP contribution in [-0.4, -0.2) is 34.6 Å². The first-order chi connectivity index (χ1) is 14.9. The number of halogens is 3. The summed E-state index contributed by atoms with van der Waals surface area (Å²) in [7, 11) is 1.61. The lowest BCUT2D eigenvalue weighted by molar-refractivity contribution is -0.137. The van der Waals surface area contributed by atoms with Crippen molar-refractivity contribution in [1.82, 2.24) is 14.8 Å². The summed E-state index contributed by atoms with van der Waals surface area (Å²) in [6, 6.07) is 12.9. The van der Waals surface area contributed by atoms with Crippen LogP contribution in [0.15, 0.2) is 53.7 Å². The average Bonchev–Trinajstić information content (AvgIpc) is 3.42. The molecule has 1 unspecified atom stereocenters. The second-order valence-electron chi connectivity index (χ2n) is 7.27. The number of ether oxygens (including phenoxy) is 2. The Hall–Kier alpha value is -2.52. The molecule has 0 spiro atoms. The van der Waals surface area contributed by atoms with Gasteiger partial charge in [-0.1, -0.05) is 30.0 Å². The third-order valence-electron chi connectivity index (χ3n) is 5.10. The molecular formula is C22H22F3N3O2S. The van der Waals surface area contributed by atoms with Crippen LogP contribution in [-0.2, 0) is 23.2 Å². The summed E-state index contributed by atoms with van der Waals surface area (Å²) < 4.78 is 52.0. The Kier molecular flexibility index (Phi) is 6.52. The lowest BCUT2D eigenvalue weighted by Gasteiger charge is -2.15. The van der Waals surface area contributed by atoms with Crippen LogP contribution in [0, 0.1) is 0 Å². The molecule has 0 N–H and O–H groups in total. The smallest absolute Gasteiger partial charge is 0.416 e. The summed E-state index contributed by atoms with van der Waals surface area (Å²) in [6.45, 7) is 1.33. The van der Waals surface area contributed by atoms with Gasteiger partial charge in [0.05, 0.1) is 25.3 Å². The van der Waals surface area contributed by atoms with Gasteiger partial charge < -0.3 is 9.47 Å². The van der Waals surface area contributed by atoms with E-state index < -0.39 is 11.7 Å². The van der Waals surface area contributed by atoms with Gasteiger partial charge in [-0.2, -0.15) is 13.2 Å². The third kappa shape index (κ3) is 5.22. The largest absolute Gasteiger partial charge is 0.497 e. The van der Waals surface area contributed by atoms with E-state index in [0.29, 0.717) is 28.8 Å². The quantitative estimate of drug-likeness (QED) is 0.450. The highest BCUT2D eigenvalue weighted by Crippen LogP contribution is 2.32. The van der Waals surface area contributed by atoms with Crippen molar-refractivity contribution < 1.29 is 22.6 Å². The molecule has 1 aliphatic rings. The summed E-state index contributed by atoms with van der Waals surface area (Å²) in [5.41, 5.74) is 0.819. The van der Waals surface area contributed by atoms with Crippen molar-refractivity contribution in [3.8, 4) is 17.1 Å². The minimum absolute atomic E-state index is 0.0703. The number of nitrogens with zero attached hydrogens (tertiary/aromatic N) is 3. The molecule has 0 amide bonds. The molecule has 0 aliphatic carbocycles. The van der Waals surface area contributed by atoms with Crippen LogP contribution >= 0.6 is 11.8 Å². The van der Waals surface area contributed by atoms with Gasteiger partial charge >= 0.3 is 6.18 Å². The number of hydrogen-bond donors (Lipinski definition) is 0. The SMILES string of the molecule is COc1ccc(-c2nnc(SCc3cccc(C(F)(F)F)c3)n2CC2CCCO2)cc1. The Labute approximate surface area is 182 Å². The van der Waals surface area contributed by atoms with Gasteiger partial charge in [-0.25, -0.2) is 0 Å². The van der Waals surface area contributed by atoms with E-state index in [1.807, 2.05) is 28.8 Å². The maximum Gasteiger partial charge on any atom is 0.416 e. The molecule has 164 valence electrons. The van der Waals surface area contributed by atoms with Gasteiger partial charge in [0.1, 0.15) is 5.75 Å². The van der Waals surface area contributed by atoms with Crippen LogP contribution in [0.4, 0.5) is 13.2 Å². The summed E-state index contributed by atoms with van der Waals surface area (Å²) in [5.74, 6) is 1.80. The van der Waals surface area contributed by atoms with Gasteiger partial charge in [0.15, 0.2) is 11.0 Å². The van der Waals surface area contributed by atoms with E-state index >= 15 is 0 Å². The van der Waals surface area contributed by atoms with Crippen molar-refractivity contribution in [3.63, 3.8) is 0 Å². The standard InChI is InChI=1S/C22H22F3N3O2S/c1-29-18-9-7-16(8-10-18)20-26-27-21(28(20)13-19-6-3-11-30-19)31-14-15-4-2-5-17(12-15)22(23,24)25/h2,4-5,7-10,12,19H,3,6,11,13-14H2,1H3. The molecule has 0 saturated carbocycles. The number of hydrogen-bond acceptors (Lipinski definition) is 5. The molecular weight excluding hydrogens is 427 g/mol. The maximum absolute atomic E-state index is 13.0. The van der Waals surface area contributed by atoms with Crippen LogP contribution in [0.1, 0.15) is 24.0 Å². The number of methoxy groups -OCH3 is 1. The lowest BCUT2D eigenvalue weighted by Crippen LogP contribution is -2.16. The van der Waals surface area contributed by atoms with E-state index in [4.69, 9.17) is 9.47 Å². The van der Waals surface area contributed by atoms with Gasteiger partial charge in [0.2, 0.25) is 0 Å². The monoisotopic (exact) mass is 449 g/mol. The maximum atomic E-state index is 13.0.